The summed E-state index contributed by atoms with van der Waals surface area (Å²) in [5.41, 5.74) is 1.97. The van der Waals surface area contributed by atoms with Gasteiger partial charge in [0.05, 0.1) is 6.61 Å². The quantitative estimate of drug-likeness (QED) is 0.229. The Labute approximate surface area is 71.6 Å². The van der Waals surface area contributed by atoms with Gasteiger partial charge in [0.25, 0.3) is 0 Å². The lowest BCUT2D eigenvalue weighted by molar-refractivity contribution is 0.127. The van der Waals surface area contributed by atoms with Crippen molar-refractivity contribution in [2.75, 3.05) is 19.8 Å². The van der Waals surface area contributed by atoms with Crippen molar-refractivity contribution in [3.8, 4) is 0 Å². The molecule has 1 aliphatic carbocycles. The lowest BCUT2D eigenvalue weighted by Gasteiger charge is -2.04. The summed E-state index contributed by atoms with van der Waals surface area (Å²) in [6, 6.07) is -0.370. The van der Waals surface area contributed by atoms with Crippen LogP contribution in [-0.2, 0) is 4.74 Å². The highest BCUT2D eigenvalue weighted by Crippen LogP contribution is 2.28. The van der Waals surface area contributed by atoms with Gasteiger partial charge in [-0.15, -0.1) is 0 Å². The Hall–Kier alpha value is -0.810. The standard InChI is InChI=1S/C7H15N3O2/c8-10-7(11)9-3-4-12-5-6-1-2-6/h6H,1-5,8H2,(H2,9,10,11). The average Bonchev–Trinajstić information content (AvgIpc) is 2.87. The number of carbonyl (C=O) groups is 1. The molecule has 0 radical (unpaired) electrons. The van der Waals surface area contributed by atoms with Crippen molar-refractivity contribution < 1.29 is 9.53 Å². The number of hydrogen-bond acceptors (Lipinski definition) is 3. The Morgan fingerprint density at radius 3 is 2.92 bits per heavy atom. The van der Waals surface area contributed by atoms with Gasteiger partial charge in [0.1, 0.15) is 0 Å². The summed E-state index contributed by atoms with van der Waals surface area (Å²) in [4.78, 5) is 10.5. The third-order valence-electron chi connectivity index (χ3n) is 1.71. The van der Waals surface area contributed by atoms with E-state index < -0.39 is 0 Å². The molecule has 1 rings (SSSR count). The minimum Gasteiger partial charge on any atom is -0.379 e. The van der Waals surface area contributed by atoms with E-state index >= 15 is 0 Å². The van der Waals surface area contributed by atoms with E-state index in [1.165, 1.54) is 12.8 Å². The van der Waals surface area contributed by atoms with Gasteiger partial charge in [-0.25, -0.2) is 10.6 Å². The van der Waals surface area contributed by atoms with Gasteiger partial charge in [-0.05, 0) is 18.8 Å². The van der Waals surface area contributed by atoms with Crippen LogP contribution in [0.4, 0.5) is 4.79 Å². The van der Waals surface area contributed by atoms with Gasteiger partial charge < -0.3 is 10.1 Å². The molecule has 5 heteroatoms. The van der Waals surface area contributed by atoms with Crippen molar-refractivity contribution in [2.24, 2.45) is 11.8 Å². The molecule has 5 nitrogen and oxygen atoms in total. The van der Waals surface area contributed by atoms with E-state index in [-0.39, 0.29) is 6.03 Å². The van der Waals surface area contributed by atoms with Gasteiger partial charge in [0, 0.05) is 13.2 Å². The largest absolute Gasteiger partial charge is 0.379 e. The molecule has 0 atom stereocenters. The van der Waals surface area contributed by atoms with Crippen molar-refractivity contribution in [1.29, 1.82) is 0 Å². The Morgan fingerprint density at radius 1 is 1.58 bits per heavy atom. The maximum Gasteiger partial charge on any atom is 0.328 e. The predicted molar refractivity (Wildman–Crippen MR) is 44.3 cm³/mol. The zero-order valence-electron chi connectivity index (χ0n) is 7.01. The monoisotopic (exact) mass is 173 g/mol. The minimum absolute atomic E-state index is 0.370. The summed E-state index contributed by atoms with van der Waals surface area (Å²) in [5.74, 6) is 5.61. The number of nitrogens with two attached hydrogens (primary N) is 1. The van der Waals surface area contributed by atoms with Crippen molar-refractivity contribution >= 4 is 6.03 Å². The highest BCUT2D eigenvalue weighted by molar-refractivity contribution is 5.72. The van der Waals surface area contributed by atoms with Crippen molar-refractivity contribution in [3.05, 3.63) is 0 Å². The first-order chi connectivity index (χ1) is 5.83. The second kappa shape index (κ2) is 4.95. The van der Waals surface area contributed by atoms with Gasteiger partial charge in [-0.1, -0.05) is 0 Å². The van der Waals surface area contributed by atoms with Crippen LogP contribution in [0.5, 0.6) is 0 Å². The highest BCUT2D eigenvalue weighted by atomic mass is 16.5. The first-order valence-electron chi connectivity index (χ1n) is 4.15. The van der Waals surface area contributed by atoms with Crippen LogP contribution in [0.25, 0.3) is 0 Å². The fourth-order valence-corrected chi connectivity index (χ4v) is 0.822. The molecule has 0 aromatic heterocycles. The Bertz CT molecular complexity index is 148. The maximum absolute atomic E-state index is 10.5. The van der Waals surface area contributed by atoms with Crippen LogP contribution in [0, 0.1) is 5.92 Å². The lowest BCUT2D eigenvalue weighted by atomic mass is 10.5. The summed E-state index contributed by atoms with van der Waals surface area (Å²) in [6.07, 6.45) is 2.58. The zero-order chi connectivity index (χ0) is 8.81. The summed E-state index contributed by atoms with van der Waals surface area (Å²) in [5, 5.41) is 2.53. The molecular formula is C7H15N3O2. The Balaban J connectivity index is 1.78. The lowest BCUT2D eigenvalue weighted by Crippen LogP contribution is -2.41. The summed E-state index contributed by atoms with van der Waals surface area (Å²) < 4.78 is 5.27. The number of rotatable bonds is 5. The van der Waals surface area contributed by atoms with Gasteiger partial charge in [0.2, 0.25) is 0 Å². The van der Waals surface area contributed by atoms with Gasteiger partial charge in [-0.3, -0.25) is 5.43 Å². The van der Waals surface area contributed by atoms with E-state index in [1.54, 1.807) is 0 Å². The average molecular weight is 173 g/mol. The second-order valence-electron chi connectivity index (χ2n) is 2.92. The highest BCUT2D eigenvalue weighted by Gasteiger charge is 2.20. The molecule has 0 bridgehead atoms. The molecule has 0 heterocycles. The van der Waals surface area contributed by atoms with Crippen LogP contribution in [0.3, 0.4) is 0 Å². The number of nitrogens with one attached hydrogen (secondary N) is 2. The van der Waals surface area contributed by atoms with Crippen LogP contribution in [0.1, 0.15) is 12.8 Å². The van der Waals surface area contributed by atoms with Crippen LogP contribution in [0.15, 0.2) is 0 Å². The third-order valence-corrected chi connectivity index (χ3v) is 1.71. The molecular weight excluding hydrogens is 158 g/mol. The van der Waals surface area contributed by atoms with Crippen molar-refractivity contribution in [1.82, 2.24) is 10.7 Å². The molecule has 2 amide bonds. The number of amides is 2. The fraction of sp³-hybridized carbons (Fsp3) is 0.857. The third kappa shape index (κ3) is 4.15. The van der Waals surface area contributed by atoms with Crippen LogP contribution < -0.4 is 16.6 Å². The topological polar surface area (TPSA) is 76.4 Å². The van der Waals surface area contributed by atoms with E-state index in [4.69, 9.17) is 10.6 Å². The number of carbonyl (C=O) groups excluding carboxylic acids is 1. The van der Waals surface area contributed by atoms with E-state index in [9.17, 15) is 4.79 Å². The fourth-order valence-electron chi connectivity index (χ4n) is 0.822. The molecule has 70 valence electrons. The normalized spacial score (nSPS) is 15.8. The molecule has 1 aliphatic rings. The minimum atomic E-state index is -0.370. The van der Waals surface area contributed by atoms with Crippen LogP contribution in [-0.4, -0.2) is 25.8 Å². The second-order valence-corrected chi connectivity index (χ2v) is 2.92. The van der Waals surface area contributed by atoms with Crippen molar-refractivity contribution in [3.63, 3.8) is 0 Å². The number of urea groups is 1. The molecule has 1 fully saturated rings. The number of ether oxygens (including phenoxy) is 1. The molecule has 12 heavy (non-hydrogen) atoms. The van der Waals surface area contributed by atoms with E-state index in [0.717, 1.165) is 12.5 Å². The molecule has 0 unspecified atom stereocenters. The van der Waals surface area contributed by atoms with Crippen LogP contribution >= 0.6 is 0 Å². The first kappa shape index (κ1) is 9.28. The van der Waals surface area contributed by atoms with Gasteiger partial charge >= 0.3 is 6.03 Å². The Kier molecular flexibility index (Phi) is 3.83. The summed E-state index contributed by atoms with van der Waals surface area (Å²) in [6.45, 7) is 1.89. The number of hydrazine groups is 1. The van der Waals surface area contributed by atoms with Crippen molar-refractivity contribution in [2.45, 2.75) is 12.8 Å². The van der Waals surface area contributed by atoms with E-state index in [1.807, 2.05) is 5.43 Å². The summed E-state index contributed by atoms with van der Waals surface area (Å²) in [7, 11) is 0. The molecule has 0 aromatic carbocycles. The zero-order valence-corrected chi connectivity index (χ0v) is 7.01. The van der Waals surface area contributed by atoms with Crippen LogP contribution in [0.2, 0.25) is 0 Å². The molecule has 0 saturated heterocycles. The smallest absolute Gasteiger partial charge is 0.328 e. The molecule has 1 saturated carbocycles. The van der Waals surface area contributed by atoms with Gasteiger partial charge in [-0.2, -0.15) is 0 Å². The molecule has 0 aromatic rings. The van der Waals surface area contributed by atoms with Gasteiger partial charge in [0.15, 0.2) is 0 Å². The summed E-state index contributed by atoms with van der Waals surface area (Å²) >= 11 is 0. The maximum atomic E-state index is 10.5. The molecule has 0 aliphatic heterocycles. The van der Waals surface area contributed by atoms with E-state index in [0.29, 0.717) is 13.2 Å². The Morgan fingerprint density at radius 2 is 2.33 bits per heavy atom. The van der Waals surface area contributed by atoms with E-state index in [2.05, 4.69) is 5.32 Å². The first-order valence-corrected chi connectivity index (χ1v) is 4.15. The molecule has 4 N–H and O–H groups in total. The predicted octanol–water partition coefficient (Wildman–Crippen LogP) is -0.414. The molecule has 0 spiro atoms. The SMILES string of the molecule is NNC(=O)NCCOCC1CC1. The number of hydrogen-bond donors (Lipinski definition) is 3.